The topological polar surface area (TPSA) is 49.4 Å². The molecule has 1 atom stereocenters. The summed E-state index contributed by atoms with van der Waals surface area (Å²) < 4.78 is 41.6. The first-order valence-electron chi connectivity index (χ1n) is 6.84. The number of halogens is 1. The Morgan fingerprint density at radius 3 is 2.05 bits per heavy atom. The van der Waals surface area contributed by atoms with Crippen LogP contribution in [0.15, 0.2) is 24.3 Å². The fourth-order valence-electron chi connectivity index (χ4n) is 2.06. The molecule has 0 radical (unpaired) electrons. The smallest absolute Gasteiger partial charge is 0.207 e. The second-order valence-corrected chi connectivity index (χ2v) is 6.68. The number of hydrogen-bond acceptors (Lipinski definition) is 2. The van der Waals surface area contributed by atoms with Gasteiger partial charge in [-0.25, -0.2) is 4.39 Å². The Morgan fingerprint density at radius 2 is 1.65 bits per heavy atom. The van der Waals surface area contributed by atoms with Crippen molar-refractivity contribution in [1.29, 1.82) is 0 Å². The molecule has 0 unspecified atom stereocenters. The summed E-state index contributed by atoms with van der Waals surface area (Å²) in [5.41, 5.74) is 0.761. The van der Waals surface area contributed by atoms with Crippen LogP contribution in [-0.4, -0.2) is 25.8 Å². The molecule has 0 amide bonds. The highest BCUT2D eigenvalue weighted by atomic mass is 32.2. The van der Waals surface area contributed by atoms with Crippen molar-refractivity contribution in [3.05, 3.63) is 35.6 Å². The number of nitrogens with zero attached hydrogens (tertiary/aromatic N) is 1. The Hall–Kier alpha value is -0.980. The summed E-state index contributed by atoms with van der Waals surface area (Å²) >= 11 is 0. The summed E-state index contributed by atoms with van der Waals surface area (Å²) in [5, 5.41) is 0. The number of hydrogen-bond donors (Lipinski definition) is 1. The molecule has 4 nitrogen and oxygen atoms in total. The van der Waals surface area contributed by atoms with Gasteiger partial charge in [0.15, 0.2) is 0 Å². The molecule has 0 aliphatic heterocycles. The lowest BCUT2D eigenvalue weighted by Gasteiger charge is -2.27. The SMILES string of the molecule is CCN(CC)S(=O)(=O)N[C@H](c1ccc(F)cc1)C(C)C. The fourth-order valence-corrected chi connectivity index (χ4v) is 3.62. The van der Waals surface area contributed by atoms with E-state index in [0.29, 0.717) is 13.1 Å². The van der Waals surface area contributed by atoms with E-state index in [1.165, 1.54) is 16.4 Å². The van der Waals surface area contributed by atoms with Crippen LogP contribution in [-0.2, 0) is 10.2 Å². The second kappa shape index (κ2) is 7.15. The molecule has 20 heavy (non-hydrogen) atoms. The Balaban J connectivity index is 3.02. The van der Waals surface area contributed by atoms with Crippen molar-refractivity contribution in [1.82, 2.24) is 9.03 Å². The highest BCUT2D eigenvalue weighted by Crippen LogP contribution is 2.23. The molecule has 1 aromatic carbocycles. The van der Waals surface area contributed by atoms with Crippen LogP contribution in [0.1, 0.15) is 39.3 Å². The Bertz CT molecular complexity index is 510. The van der Waals surface area contributed by atoms with E-state index in [2.05, 4.69) is 4.72 Å². The molecule has 1 N–H and O–H groups in total. The zero-order chi connectivity index (χ0) is 15.3. The largest absolute Gasteiger partial charge is 0.279 e. The molecule has 0 bridgehead atoms. The van der Waals surface area contributed by atoms with Crippen LogP contribution in [0.25, 0.3) is 0 Å². The lowest BCUT2D eigenvalue weighted by atomic mass is 9.97. The molecule has 0 aliphatic rings. The highest BCUT2D eigenvalue weighted by Gasteiger charge is 2.26. The summed E-state index contributed by atoms with van der Waals surface area (Å²) in [7, 11) is -3.54. The normalized spacial score (nSPS) is 13.9. The van der Waals surface area contributed by atoms with E-state index in [1.54, 1.807) is 26.0 Å². The van der Waals surface area contributed by atoms with E-state index in [1.807, 2.05) is 13.8 Å². The van der Waals surface area contributed by atoms with E-state index < -0.39 is 10.2 Å². The van der Waals surface area contributed by atoms with Crippen LogP contribution in [0.5, 0.6) is 0 Å². The fraction of sp³-hybridized carbons (Fsp3) is 0.571. The van der Waals surface area contributed by atoms with Gasteiger partial charge in [0.05, 0.1) is 6.04 Å². The molecular weight excluding hydrogens is 279 g/mol. The standard InChI is InChI=1S/C14H23FN2O2S/c1-5-17(6-2)20(18,19)16-14(11(3)4)12-7-9-13(15)10-8-12/h7-11,14,16H,5-6H2,1-4H3/t14-/m0/s1. The molecule has 0 aliphatic carbocycles. The van der Waals surface area contributed by atoms with E-state index in [9.17, 15) is 12.8 Å². The third-order valence-electron chi connectivity index (χ3n) is 3.22. The molecule has 0 heterocycles. The lowest BCUT2D eigenvalue weighted by Crippen LogP contribution is -2.43. The predicted octanol–water partition coefficient (Wildman–Crippen LogP) is 2.70. The third kappa shape index (κ3) is 4.26. The molecular formula is C14H23FN2O2S. The molecule has 0 aromatic heterocycles. The summed E-state index contributed by atoms with van der Waals surface area (Å²) in [4.78, 5) is 0. The van der Waals surface area contributed by atoms with Gasteiger partial charge in [-0.2, -0.15) is 17.4 Å². The van der Waals surface area contributed by atoms with E-state index in [0.717, 1.165) is 5.56 Å². The Morgan fingerprint density at radius 1 is 1.15 bits per heavy atom. The lowest BCUT2D eigenvalue weighted by molar-refractivity contribution is 0.403. The van der Waals surface area contributed by atoms with Crippen LogP contribution in [0.4, 0.5) is 4.39 Å². The minimum atomic E-state index is -3.54. The van der Waals surface area contributed by atoms with Crippen LogP contribution >= 0.6 is 0 Å². The summed E-state index contributed by atoms with van der Waals surface area (Å²) in [5.74, 6) is -0.270. The molecule has 0 saturated heterocycles. The van der Waals surface area contributed by atoms with Gasteiger partial charge in [0, 0.05) is 13.1 Å². The van der Waals surface area contributed by atoms with E-state index in [4.69, 9.17) is 0 Å². The first kappa shape index (κ1) is 17.1. The molecule has 1 aromatic rings. The zero-order valence-electron chi connectivity index (χ0n) is 12.4. The van der Waals surface area contributed by atoms with Gasteiger partial charge in [0.1, 0.15) is 5.82 Å². The second-order valence-electron chi connectivity index (χ2n) is 4.98. The third-order valence-corrected chi connectivity index (χ3v) is 4.97. The predicted molar refractivity (Wildman–Crippen MR) is 79.0 cm³/mol. The maximum Gasteiger partial charge on any atom is 0.279 e. The number of benzene rings is 1. The zero-order valence-corrected chi connectivity index (χ0v) is 13.2. The first-order chi connectivity index (χ1) is 9.31. The average molecular weight is 302 g/mol. The highest BCUT2D eigenvalue weighted by molar-refractivity contribution is 7.87. The molecule has 1 rings (SSSR count). The maximum absolute atomic E-state index is 13.0. The Kier molecular flexibility index (Phi) is 6.10. The van der Waals surface area contributed by atoms with Crippen molar-refractivity contribution < 1.29 is 12.8 Å². The van der Waals surface area contributed by atoms with Crippen molar-refractivity contribution in [3.8, 4) is 0 Å². The summed E-state index contributed by atoms with van der Waals surface area (Å²) in [6, 6.07) is 5.55. The molecule has 6 heteroatoms. The van der Waals surface area contributed by atoms with Gasteiger partial charge in [0.25, 0.3) is 10.2 Å². The van der Waals surface area contributed by atoms with E-state index in [-0.39, 0.29) is 17.8 Å². The van der Waals surface area contributed by atoms with Gasteiger partial charge >= 0.3 is 0 Å². The molecule has 0 saturated carbocycles. The number of nitrogens with one attached hydrogen (secondary N) is 1. The van der Waals surface area contributed by atoms with Crippen LogP contribution in [0, 0.1) is 11.7 Å². The van der Waals surface area contributed by atoms with Crippen LogP contribution in [0.3, 0.4) is 0 Å². The molecule has 0 fully saturated rings. The summed E-state index contributed by atoms with van der Waals surface area (Å²) in [6.07, 6.45) is 0. The van der Waals surface area contributed by atoms with Gasteiger partial charge in [-0.1, -0.05) is 39.8 Å². The van der Waals surface area contributed by atoms with Crippen molar-refractivity contribution >= 4 is 10.2 Å². The van der Waals surface area contributed by atoms with Gasteiger partial charge < -0.3 is 0 Å². The summed E-state index contributed by atoms with van der Waals surface area (Å²) in [6.45, 7) is 8.29. The first-order valence-corrected chi connectivity index (χ1v) is 8.28. The van der Waals surface area contributed by atoms with Crippen molar-refractivity contribution in [2.45, 2.75) is 33.7 Å². The monoisotopic (exact) mass is 302 g/mol. The van der Waals surface area contributed by atoms with Crippen LogP contribution in [0.2, 0.25) is 0 Å². The van der Waals surface area contributed by atoms with Crippen molar-refractivity contribution in [2.75, 3.05) is 13.1 Å². The minimum absolute atomic E-state index is 0.0609. The van der Waals surface area contributed by atoms with E-state index >= 15 is 0 Å². The average Bonchev–Trinajstić information content (AvgIpc) is 2.38. The van der Waals surface area contributed by atoms with Crippen LogP contribution < -0.4 is 4.72 Å². The molecule has 114 valence electrons. The molecule has 0 spiro atoms. The van der Waals surface area contributed by atoms with Gasteiger partial charge in [-0.3, -0.25) is 0 Å². The van der Waals surface area contributed by atoms with Crippen molar-refractivity contribution in [2.24, 2.45) is 5.92 Å². The quantitative estimate of drug-likeness (QED) is 0.842. The Labute approximate surface area is 121 Å². The number of rotatable bonds is 7. The van der Waals surface area contributed by atoms with Gasteiger partial charge in [-0.05, 0) is 23.6 Å². The van der Waals surface area contributed by atoms with Gasteiger partial charge in [-0.15, -0.1) is 0 Å². The van der Waals surface area contributed by atoms with Crippen molar-refractivity contribution in [3.63, 3.8) is 0 Å². The van der Waals surface area contributed by atoms with Gasteiger partial charge in [0.2, 0.25) is 0 Å². The minimum Gasteiger partial charge on any atom is -0.207 e. The maximum atomic E-state index is 13.0.